The topological polar surface area (TPSA) is 110 Å². The summed E-state index contributed by atoms with van der Waals surface area (Å²) in [6.45, 7) is 0. The molecule has 0 bridgehead atoms. The van der Waals surface area contributed by atoms with Crippen molar-refractivity contribution in [3.05, 3.63) is 113 Å². The van der Waals surface area contributed by atoms with Crippen molar-refractivity contribution in [1.29, 1.82) is 0 Å². The Bertz CT molecular complexity index is 1710. The molecule has 1 aliphatic heterocycles. The van der Waals surface area contributed by atoms with Crippen molar-refractivity contribution in [1.82, 2.24) is 19.7 Å². The molecule has 0 radical (unpaired) electrons. The van der Waals surface area contributed by atoms with Gasteiger partial charge in [0, 0.05) is 5.56 Å². The minimum atomic E-state index is -1.01. The van der Waals surface area contributed by atoms with Crippen molar-refractivity contribution in [3.63, 3.8) is 0 Å². The average Bonchev–Trinajstić information content (AvgIpc) is 3.57. The molecule has 38 heavy (non-hydrogen) atoms. The second-order valence-corrected chi connectivity index (χ2v) is 9.03. The van der Waals surface area contributed by atoms with Crippen molar-refractivity contribution in [3.8, 4) is 28.1 Å². The summed E-state index contributed by atoms with van der Waals surface area (Å²) in [5.41, 5.74) is 6.61. The highest BCUT2D eigenvalue weighted by atomic mass is 35.5. The molecule has 184 valence electrons. The molecule has 0 fully saturated rings. The molecule has 1 amide bonds. The predicted octanol–water partition coefficient (Wildman–Crippen LogP) is 5.84. The number of pyridine rings is 1. The minimum absolute atomic E-state index is 0.171. The molecular formula is C29H18ClN5O3. The van der Waals surface area contributed by atoms with Crippen LogP contribution in [0.2, 0.25) is 5.02 Å². The molecule has 0 spiro atoms. The van der Waals surface area contributed by atoms with Crippen molar-refractivity contribution in [2.75, 3.05) is 5.32 Å². The largest absolute Gasteiger partial charge is 0.478 e. The number of carbonyl (C=O) groups excluding carboxylic acids is 1. The highest BCUT2D eigenvalue weighted by molar-refractivity contribution is 6.37. The molecule has 1 aliphatic rings. The van der Waals surface area contributed by atoms with Crippen LogP contribution >= 0.6 is 11.6 Å². The predicted molar refractivity (Wildman–Crippen MR) is 145 cm³/mol. The number of rotatable bonds is 5. The van der Waals surface area contributed by atoms with Crippen molar-refractivity contribution >= 4 is 40.8 Å². The summed E-state index contributed by atoms with van der Waals surface area (Å²) in [4.78, 5) is 32.6. The van der Waals surface area contributed by atoms with Gasteiger partial charge >= 0.3 is 5.97 Å². The standard InChI is InChI=1S/C29H18ClN5O3/c30-24-14-25-27(23(28(36)33-25)13-17-1-3-21(4-2-17)29(37)38)34-26(24)20-7-5-18(6-8-20)19-9-11-22(12-10-19)35-16-31-15-32-35/h1-16H,(H,33,36)(H,37,38)/b23-13-. The lowest BCUT2D eigenvalue weighted by atomic mass is 10.0. The molecule has 9 heteroatoms. The maximum absolute atomic E-state index is 12.7. The van der Waals surface area contributed by atoms with E-state index in [4.69, 9.17) is 21.7 Å². The van der Waals surface area contributed by atoms with E-state index in [0.29, 0.717) is 33.2 Å². The van der Waals surface area contributed by atoms with E-state index in [2.05, 4.69) is 15.4 Å². The Labute approximate surface area is 221 Å². The van der Waals surface area contributed by atoms with Crippen LogP contribution in [0.25, 0.3) is 39.7 Å². The first-order valence-corrected chi connectivity index (χ1v) is 12.0. The van der Waals surface area contributed by atoms with E-state index in [1.54, 1.807) is 35.3 Å². The third-order valence-corrected chi connectivity index (χ3v) is 6.52. The van der Waals surface area contributed by atoms with Gasteiger partial charge in [-0.3, -0.25) is 4.79 Å². The summed E-state index contributed by atoms with van der Waals surface area (Å²) in [6, 6.07) is 23.8. The average molecular weight is 520 g/mol. The van der Waals surface area contributed by atoms with Gasteiger partial charge in [-0.15, -0.1) is 0 Å². The maximum Gasteiger partial charge on any atom is 0.335 e. The normalized spacial score (nSPS) is 13.4. The monoisotopic (exact) mass is 519 g/mol. The van der Waals surface area contributed by atoms with E-state index in [9.17, 15) is 9.59 Å². The number of amides is 1. The molecule has 2 aromatic heterocycles. The summed E-state index contributed by atoms with van der Waals surface area (Å²) in [5, 5.41) is 16.5. The number of hydrogen-bond acceptors (Lipinski definition) is 5. The second kappa shape index (κ2) is 9.42. The summed E-state index contributed by atoms with van der Waals surface area (Å²) in [5.74, 6) is -1.31. The summed E-state index contributed by atoms with van der Waals surface area (Å²) in [6.07, 6.45) is 4.83. The fraction of sp³-hybridized carbons (Fsp3) is 0. The van der Waals surface area contributed by atoms with Crippen LogP contribution in [0.15, 0.2) is 91.5 Å². The number of nitrogens with one attached hydrogen (secondary N) is 1. The quantitative estimate of drug-likeness (QED) is 0.282. The van der Waals surface area contributed by atoms with Crippen LogP contribution in [0.1, 0.15) is 21.6 Å². The molecule has 0 saturated carbocycles. The van der Waals surface area contributed by atoms with Gasteiger partial charge < -0.3 is 10.4 Å². The molecule has 0 unspecified atom stereocenters. The Morgan fingerprint density at radius 2 is 1.55 bits per heavy atom. The van der Waals surface area contributed by atoms with Gasteiger partial charge in [0.15, 0.2) is 0 Å². The van der Waals surface area contributed by atoms with E-state index < -0.39 is 5.97 Å². The number of carboxylic acid groups (broad SMARTS) is 1. The lowest BCUT2D eigenvalue weighted by Gasteiger charge is -2.09. The zero-order valence-corrected chi connectivity index (χ0v) is 20.4. The number of hydrogen-bond donors (Lipinski definition) is 2. The van der Waals surface area contributed by atoms with E-state index in [0.717, 1.165) is 22.4 Å². The van der Waals surface area contributed by atoms with Crippen LogP contribution in [-0.2, 0) is 4.79 Å². The Kier molecular flexibility index (Phi) is 5.78. The summed E-state index contributed by atoms with van der Waals surface area (Å²) >= 11 is 6.57. The van der Waals surface area contributed by atoms with Crippen LogP contribution in [0.3, 0.4) is 0 Å². The fourth-order valence-corrected chi connectivity index (χ4v) is 4.54. The number of aromatic carboxylic acids is 1. The molecule has 3 heterocycles. The van der Waals surface area contributed by atoms with Crippen molar-refractivity contribution < 1.29 is 14.7 Å². The number of carbonyl (C=O) groups is 2. The third-order valence-electron chi connectivity index (χ3n) is 6.23. The summed E-state index contributed by atoms with van der Waals surface area (Å²) in [7, 11) is 0. The first-order chi connectivity index (χ1) is 18.5. The molecule has 0 saturated heterocycles. The molecule has 0 atom stereocenters. The molecule has 6 rings (SSSR count). The first-order valence-electron chi connectivity index (χ1n) is 11.6. The minimum Gasteiger partial charge on any atom is -0.478 e. The van der Waals surface area contributed by atoms with E-state index in [1.807, 2.05) is 48.5 Å². The molecule has 2 N–H and O–H groups in total. The molecule has 3 aromatic carbocycles. The van der Waals surface area contributed by atoms with Gasteiger partial charge in [-0.2, -0.15) is 5.10 Å². The highest BCUT2D eigenvalue weighted by Gasteiger charge is 2.27. The Morgan fingerprint density at radius 3 is 2.18 bits per heavy atom. The summed E-state index contributed by atoms with van der Waals surface area (Å²) < 4.78 is 1.70. The van der Waals surface area contributed by atoms with Gasteiger partial charge in [-0.05, 0) is 53.1 Å². The second-order valence-electron chi connectivity index (χ2n) is 8.62. The Hall–Kier alpha value is -5.08. The van der Waals surface area contributed by atoms with Gasteiger partial charge in [0.05, 0.1) is 33.2 Å². The number of fused-ring (bicyclic) bond motifs is 1. The Morgan fingerprint density at radius 1 is 0.895 bits per heavy atom. The van der Waals surface area contributed by atoms with Gasteiger partial charge in [0.25, 0.3) is 5.91 Å². The molecule has 8 nitrogen and oxygen atoms in total. The smallest absolute Gasteiger partial charge is 0.335 e. The number of aromatic nitrogens is 4. The first kappa shape index (κ1) is 23.3. The number of carboxylic acids is 1. The van der Waals surface area contributed by atoms with Crippen molar-refractivity contribution in [2.45, 2.75) is 0 Å². The lowest BCUT2D eigenvalue weighted by molar-refractivity contribution is -0.110. The van der Waals surface area contributed by atoms with Gasteiger partial charge in [0.1, 0.15) is 18.3 Å². The number of anilines is 1. The number of halogens is 1. The molecular weight excluding hydrogens is 502 g/mol. The van der Waals surface area contributed by atoms with Gasteiger partial charge in [-0.1, -0.05) is 60.1 Å². The van der Waals surface area contributed by atoms with Crippen LogP contribution in [-0.4, -0.2) is 36.7 Å². The SMILES string of the molecule is O=C1Nc2cc(Cl)c(-c3ccc(-c4ccc(-n5cncn5)cc4)cc3)nc2/C1=C/c1ccc(C(=O)O)cc1. The van der Waals surface area contributed by atoms with Crippen LogP contribution in [0, 0.1) is 0 Å². The zero-order chi connectivity index (χ0) is 26.2. The van der Waals surface area contributed by atoms with Crippen LogP contribution in [0.4, 0.5) is 5.69 Å². The van der Waals surface area contributed by atoms with E-state index >= 15 is 0 Å². The van der Waals surface area contributed by atoms with Crippen LogP contribution < -0.4 is 5.32 Å². The van der Waals surface area contributed by atoms with E-state index in [1.165, 1.54) is 18.5 Å². The molecule has 0 aliphatic carbocycles. The number of nitrogens with zero attached hydrogens (tertiary/aromatic N) is 4. The molecule has 5 aromatic rings. The third kappa shape index (κ3) is 4.33. The van der Waals surface area contributed by atoms with Gasteiger partial charge in [0.2, 0.25) is 0 Å². The number of benzene rings is 3. The van der Waals surface area contributed by atoms with Gasteiger partial charge in [-0.25, -0.2) is 19.4 Å². The highest BCUT2D eigenvalue weighted by Crippen LogP contribution is 2.38. The Balaban J connectivity index is 1.30. The van der Waals surface area contributed by atoms with E-state index in [-0.39, 0.29) is 11.5 Å². The van der Waals surface area contributed by atoms with Crippen LogP contribution in [0.5, 0.6) is 0 Å². The van der Waals surface area contributed by atoms with Crippen molar-refractivity contribution in [2.24, 2.45) is 0 Å². The maximum atomic E-state index is 12.7. The fourth-order valence-electron chi connectivity index (χ4n) is 4.28. The lowest BCUT2D eigenvalue weighted by Crippen LogP contribution is -2.03. The zero-order valence-electron chi connectivity index (χ0n) is 19.7.